The summed E-state index contributed by atoms with van der Waals surface area (Å²) >= 11 is 0. The van der Waals surface area contributed by atoms with Gasteiger partial charge in [-0.05, 0) is 62.4 Å². The number of rotatable bonds is 5. The van der Waals surface area contributed by atoms with Crippen molar-refractivity contribution in [2.75, 3.05) is 23.2 Å². The summed E-state index contributed by atoms with van der Waals surface area (Å²) in [7, 11) is 0. The maximum absolute atomic E-state index is 12.9. The molecule has 7 nitrogen and oxygen atoms in total. The van der Waals surface area contributed by atoms with Crippen LogP contribution in [0.25, 0.3) is 0 Å². The molecule has 2 aromatic carbocycles. The van der Waals surface area contributed by atoms with Gasteiger partial charge in [-0.1, -0.05) is 12.1 Å². The van der Waals surface area contributed by atoms with Gasteiger partial charge in [0.2, 0.25) is 5.88 Å². The smallest absolute Gasteiger partial charge is 0.280 e. The summed E-state index contributed by atoms with van der Waals surface area (Å²) in [6, 6.07) is 14.6. The van der Waals surface area contributed by atoms with Gasteiger partial charge in [0.05, 0.1) is 22.7 Å². The van der Waals surface area contributed by atoms with Crippen molar-refractivity contribution in [1.82, 2.24) is 0 Å². The van der Waals surface area contributed by atoms with Crippen molar-refractivity contribution in [2.24, 2.45) is 5.10 Å². The van der Waals surface area contributed by atoms with E-state index in [4.69, 9.17) is 14.6 Å². The van der Waals surface area contributed by atoms with Crippen molar-refractivity contribution >= 4 is 23.0 Å². The molecule has 0 bridgehead atoms. The topological polar surface area (TPSA) is 74.6 Å². The molecule has 0 spiro atoms. The van der Waals surface area contributed by atoms with Crippen LogP contribution in [0.5, 0.6) is 11.5 Å². The van der Waals surface area contributed by atoms with E-state index in [0.29, 0.717) is 28.6 Å². The number of nitrogens with zero attached hydrogens (tertiary/aromatic N) is 3. The predicted molar refractivity (Wildman–Crippen MR) is 111 cm³/mol. The second kappa shape index (κ2) is 7.81. The number of allylic oxidation sites excluding steroid dienone is 2. The average Bonchev–Trinajstić information content (AvgIpc) is 3.23. The van der Waals surface area contributed by atoms with Gasteiger partial charge in [0.25, 0.3) is 5.91 Å². The second-order valence-corrected chi connectivity index (χ2v) is 6.47. The zero-order valence-electron chi connectivity index (χ0n) is 16.2. The zero-order chi connectivity index (χ0) is 20.4. The Morgan fingerprint density at radius 2 is 1.90 bits per heavy atom. The van der Waals surface area contributed by atoms with E-state index in [-0.39, 0.29) is 5.91 Å². The van der Waals surface area contributed by atoms with Gasteiger partial charge < -0.3 is 19.5 Å². The largest absolute Gasteiger partial charge is 0.468 e. The highest BCUT2D eigenvalue weighted by molar-refractivity contribution is 6.29. The number of para-hydroxylation sites is 2. The van der Waals surface area contributed by atoms with Gasteiger partial charge in [-0.3, -0.25) is 4.79 Å². The fourth-order valence-corrected chi connectivity index (χ4v) is 3.30. The number of hydrogen-bond donors (Lipinski definition) is 1. The molecule has 1 amide bonds. The first kappa shape index (κ1) is 18.8. The number of ether oxygens (including phenoxy) is 2. The lowest BCUT2D eigenvalue weighted by atomic mass is 10.1. The van der Waals surface area contributed by atoms with E-state index in [1.165, 1.54) is 5.01 Å². The second-order valence-electron chi connectivity index (χ2n) is 6.47. The maximum Gasteiger partial charge on any atom is 0.280 e. The van der Waals surface area contributed by atoms with E-state index in [1.54, 1.807) is 43.3 Å². The molecule has 29 heavy (non-hydrogen) atoms. The minimum atomic E-state index is -0.401. The van der Waals surface area contributed by atoms with E-state index in [0.717, 1.165) is 18.0 Å². The highest BCUT2D eigenvalue weighted by Crippen LogP contribution is 2.38. The Hall–Kier alpha value is -3.58. The minimum Gasteiger partial charge on any atom is -0.468 e. The zero-order valence-corrected chi connectivity index (χ0v) is 16.2. The molecular formula is C22H21N3O4. The van der Waals surface area contributed by atoms with Crippen molar-refractivity contribution < 1.29 is 19.4 Å². The molecule has 7 heteroatoms. The Labute approximate surface area is 168 Å². The molecule has 2 aliphatic heterocycles. The highest BCUT2D eigenvalue weighted by Gasteiger charge is 2.29. The number of amides is 1. The lowest BCUT2D eigenvalue weighted by Crippen LogP contribution is -2.21. The molecule has 0 atom stereocenters. The lowest BCUT2D eigenvalue weighted by molar-refractivity contribution is -0.114. The Kier molecular flexibility index (Phi) is 5.05. The first-order valence-electron chi connectivity index (χ1n) is 9.32. The van der Waals surface area contributed by atoms with Crippen molar-refractivity contribution in [1.29, 1.82) is 0 Å². The van der Waals surface area contributed by atoms with Gasteiger partial charge in [-0.25, -0.2) is 0 Å². The summed E-state index contributed by atoms with van der Waals surface area (Å²) in [6.45, 7) is 4.20. The Bertz CT molecular complexity index is 1020. The molecule has 0 saturated heterocycles. The molecule has 4 rings (SSSR count). The minimum absolute atomic E-state index is 0.214. The Morgan fingerprint density at radius 3 is 2.62 bits per heavy atom. The number of hydrogen-bond acceptors (Lipinski definition) is 6. The van der Waals surface area contributed by atoms with Gasteiger partial charge in [0, 0.05) is 6.54 Å². The van der Waals surface area contributed by atoms with Crippen LogP contribution in [0.3, 0.4) is 0 Å². The molecule has 0 saturated carbocycles. The SMILES string of the molecule is CCN1C(=CC=C2C(=O)N(c3ccc(OCO)cc3)N=C2C)Oc2ccccc21. The van der Waals surface area contributed by atoms with E-state index < -0.39 is 6.79 Å². The van der Waals surface area contributed by atoms with Crippen molar-refractivity contribution in [3.8, 4) is 11.5 Å². The number of hydrazone groups is 1. The monoisotopic (exact) mass is 391 g/mol. The number of aliphatic hydroxyl groups is 1. The first-order chi connectivity index (χ1) is 14.1. The van der Waals surface area contributed by atoms with E-state index in [1.807, 2.05) is 31.2 Å². The lowest BCUT2D eigenvalue weighted by Gasteiger charge is -2.15. The van der Waals surface area contributed by atoms with Gasteiger partial charge in [0.1, 0.15) is 5.75 Å². The average molecular weight is 391 g/mol. The first-order valence-corrected chi connectivity index (χ1v) is 9.32. The van der Waals surface area contributed by atoms with Crippen LogP contribution in [0.2, 0.25) is 0 Å². The molecule has 0 aromatic heterocycles. The van der Waals surface area contributed by atoms with Crippen LogP contribution in [-0.2, 0) is 4.79 Å². The maximum atomic E-state index is 12.9. The summed E-state index contributed by atoms with van der Waals surface area (Å²) in [5, 5.41) is 14.6. The summed E-state index contributed by atoms with van der Waals surface area (Å²) in [5.41, 5.74) is 2.76. The molecule has 0 aliphatic carbocycles. The van der Waals surface area contributed by atoms with Gasteiger partial charge in [-0.15, -0.1) is 0 Å². The third kappa shape index (κ3) is 3.48. The number of carbonyl (C=O) groups excluding carboxylic acids is 1. The number of fused-ring (bicyclic) bond motifs is 1. The van der Waals surface area contributed by atoms with E-state index >= 15 is 0 Å². The van der Waals surface area contributed by atoms with Crippen LogP contribution in [0.4, 0.5) is 11.4 Å². The fraction of sp³-hybridized carbons (Fsp3) is 0.182. The molecule has 0 radical (unpaired) electrons. The third-order valence-corrected chi connectivity index (χ3v) is 4.72. The molecule has 148 valence electrons. The normalized spacial score (nSPS) is 18.3. The van der Waals surface area contributed by atoms with Crippen LogP contribution in [-0.4, -0.2) is 30.1 Å². The third-order valence-electron chi connectivity index (χ3n) is 4.72. The Morgan fingerprint density at radius 1 is 1.14 bits per heavy atom. The summed E-state index contributed by atoms with van der Waals surface area (Å²) in [5.74, 6) is 1.77. The number of benzene rings is 2. The standard InChI is InChI=1S/C22H21N3O4/c1-3-24-19-6-4-5-7-20(19)29-21(24)13-12-18-15(2)23-25(22(18)27)16-8-10-17(11-9-16)28-14-26/h4-13,26H,3,14H2,1-2H3. The number of carbonyl (C=O) groups is 1. The number of aliphatic hydroxyl groups excluding tert-OH is 1. The van der Waals surface area contributed by atoms with Crippen LogP contribution < -0.4 is 19.4 Å². The van der Waals surface area contributed by atoms with Crippen LogP contribution in [0.1, 0.15) is 13.8 Å². The Balaban J connectivity index is 1.57. The molecule has 0 fully saturated rings. The van der Waals surface area contributed by atoms with Crippen molar-refractivity contribution in [3.63, 3.8) is 0 Å². The summed E-state index contributed by atoms with van der Waals surface area (Å²) < 4.78 is 10.9. The summed E-state index contributed by atoms with van der Waals surface area (Å²) in [6.07, 6.45) is 3.55. The van der Waals surface area contributed by atoms with Gasteiger partial charge in [0.15, 0.2) is 12.5 Å². The van der Waals surface area contributed by atoms with E-state index in [2.05, 4.69) is 10.0 Å². The molecule has 2 aromatic rings. The quantitative estimate of drug-likeness (QED) is 0.624. The molecule has 1 N–H and O–H groups in total. The highest BCUT2D eigenvalue weighted by atomic mass is 16.6. The summed E-state index contributed by atoms with van der Waals surface area (Å²) in [4.78, 5) is 14.9. The van der Waals surface area contributed by atoms with Crippen LogP contribution >= 0.6 is 0 Å². The molecule has 0 unspecified atom stereocenters. The van der Waals surface area contributed by atoms with Crippen molar-refractivity contribution in [2.45, 2.75) is 13.8 Å². The molecule has 2 aliphatic rings. The molecule has 2 heterocycles. The predicted octanol–water partition coefficient (Wildman–Crippen LogP) is 3.42. The van der Waals surface area contributed by atoms with E-state index in [9.17, 15) is 4.79 Å². The van der Waals surface area contributed by atoms with Gasteiger partial charge in [-0.2, -0.15) is 10.1 Å². The number of anilines is 2. The van der Waals surface area contributed by atoms with Crippen LogP contribution in [0, 0.1) is 0 Å². The van der Waals surface area contributed by atoms with Crippen LogP contribution in [0.15, 0.2) is 77.2 Å². The fourth-order valence-electron chi connectivity index (χ4n) is 3.30. The van der Waals surface area contributed by atoms with Crippen molar-refractivity contribution in [3.05, 3.63) is 72.1 Å². The van der Waals surface area contributed by atoms with Gasteiger partial charge >= 0.3 is 0 Å². The molecular weight excluding hydrogens is 370 g/mol.